The number of likely N-dealkylation sites (N-methyl/N-ethyl adjacent to an activating group) is 1. The van der Waals surface area contributed by atoms with Crippen molar-refractivity contribution in [2.24, 2.45) is 0 Å². The Labute approximate surface area is 54.4 Å². The van der Waals surface area contributed by atoms with E-state index >= 15 is 0 Å². The van der Waals surface area contributed by atoms with Crippen LogP contribution in [0.1, 0.15) is 6.92 Å². The summed E-state index contributed by atoms with van der Waals surface area (Å²) in [5.74, 6) is 0. The molecule has 54 valence electrons. The predicted molar refractivity (Wildman–Crippen MR) is 33.2 cm³/mol. The lowest BCUT2D eigenvalue weighted by Gasteiger charge is -2.09. The smallest absolute Gasteiger partial charge is 0.141 e. The minimum Gasteiger partial charge on any atom is -0.377 e. The molecule has 2 unspecified atom stereocenters. The zero-order valence-electron chi connectivity index (χ0n) is 5.56. The van der Waals surface area contributed by atoms with E-state index in [2.05, 4.69) is 5.32 Å². The van der Waals surface area contributed by atoms with Gasteiger partial charge in [0.25, 0.3) is 0 Å². The number of rotatable bonds is 2. The quantitative estimate of drug-likeness (QED) is 0.586. The van der Waals surface area contributed by atoms with Gasteiger partial charge in [0.05, 0.1) is 19.3 Å². The highest BCUT2D eigenvalue weighted by molar-refractivity contribution is 4.79. The maximum absolute atomic E-state index is 12.6. The Morgan fingerprint density at radius 3 is 2.89 bits per heavy atom. The second kappa shape index (κ2) is 3.13. The SMILES string of the molecule is CCNC1COCC1F. The van der Waals surface area contributed by atoms with Gasteiger partial charge in [0, 0.05) is 0 Å². The van der Waals surface area contributed by atoms with Gasteiger partial charge in [0.15, 0.2) is 0 Å². The molecular formula is C6H12FNO. The van der Waals surface area contributed by atoms with Crippen LogP contribution in [0.4, 0.5) is 4.39 Å². The van der Waals surface area contributed by atoms with Gasteiger partial charge < -0.3 is 10.1 Å². The van der Waals surface area contributed by atoms with E-state index in [4.69, 9.17) is 4.74 Å². The lowest BCUT2D eigenvalue weighted by molar-refractivity contribution is 0.172. The maximum atomic E-state index is 12.6. The first-order chi connectivity index (χ1) is 4.34. The molecule has 1 aliphatic heterocycles. The van der Waals surface area contributed by atoms with Crippen molar-refractivity contribution in [2.45, 2.75) is 19.1 Å². The lowest BCUT2D eigenvalue weighted by Crippen LogP contribution is -2.36. The highest BCUT2D eigenvalue weighted by Crippen LogP contribution is 2.08. The third-order valence-corrected chi connectivity index (χ3v) is 1.48. The molecule has 0 bridgehead atoms. The molecule has 0 aromatic rings. The molecular weight excluding hydrogens is 121 g/mol. The van der Waals surface area contributed by atoms with Crippen LogP contribution in [0.25, 0.3) is 0 Å². The summed E-state index contributed by atoms with van der Waals surface area (Å²) in [7, 11) is 0. The molecule has 0 amide bonds. The van der Waals surface area contributed by atoms with Crippen LogP contribution in [0, 0.1) is 0 Å². The molecule has 0 aromatic carbocycles. The van der Waals surface area contributed by atoms with Gasteiger partial charge in [-0.1, -0.05) is 6.92 Å². The Morgan fingerprint density at radius 2 is 2.44 bits per heavy atom. The van der Waals surface area contributed by atoms with Gasteiger partial charge in [0.1, 0.15) is 6.17 Å². The van der Waals surface area contributed by atoms with Gasteiger partial charge in [-0.15, -0.1) is 0 Å². The van der Waals surface area contributed by atoms with Crippen molar-refractivity contribution in [1.82, 2.24) is 5.32 Å². The van der Waals surface area contributed by atoms with E-state index in [-0.39, 0.29) is 12.6 Å². The monoisotopic (exact) mass is 133 g/mol. The van der Waals surface area contributed by atoms with Gasteiger partial charge in [-0.05, 0) is 6.54 Å². The average molecular weight is 133 g/mol. The van der Waals surface area contributed by atoms with E-state index in [9.17, 15) is 4.39 Å². The molecule has 1 saturated heterocycles. The number of ether oxygens (including phenoxy) is 1. The van der Waals surface area contributed by atoms with E-state index < -0.39 is 6.17 Å². The number of hydrogen-bond donors (Lipinski definition) is 1. The average Bonchev–Trinajstić information content (AvgIpc) is 2.18. The first-order valence-electron chi connectivity index (χ1n) is 3.29. The molecule has 1 rings (SSSR count). The summed E-state index contributed by atoms with van der Waals surface area (Å²) in [5, 5.41) is 2.99. The van der Waals surface area contributed by atoms with Gasteiger partial charge in [-0.3, -0.25) is 0 Å². The number of hydrogen-bond acceptors (Lipinski definition) is 2. The largest absolute Gasteiger partial charge is 0.377 e. The van der Waals surface area contributed by atoms with Crippen LogP contribution in [0.3, 0.4) is 0 Å². The highest BCUT2D eigenvalue weighted by atomic mass is 19.1. The van der Waals surface area contributed by atoms with Crippen molar-refractivity contribution >= 4 is 0 Å². The molecule has 0 radical (unpaired) electrons. The van der Waals surface area contributed by atoms with Gasteiger partial charge in [0.2, 0.25) is 0 Å². The second-order valence-electron chi connectivity index (χ2n) is 2.22. The third kappa shape index (κ3) is 1.63. The summed E-state index contributed by atoms with van der Waals surface area (Å²) in [6.07, 6.45) is -0.801. The van der Waals surface area contributed by atoms with Crippen molar-refractivity contribution in [3.05, 3.63) is 0 Å². The normalized spacial score (nSPS) is 35.3. The third-order valence-electron chi connectivity index (χ3n) is 1.48. The number of nitrogens with one attached hydrogen (secondary N) is 1. The van der Waals surface area contributed by atoms with Gasteiger partial charge >= 0.3 is 0 Å². The summed E-state index contributed by atoms with van der Waals surface area (Å²) in [5.41, 5.74) is 0. The highest BCUT2D eigenvalue weighted by Gasteiger charge is 2.26. The van der Waals surface area contributed by atoms with Crippen molar-refractivity contribution in [3.63, 3.8) is 0 Å². The molecule has 0 aromatic heterocycles. The Morgan fingerprint density at radius 1 is 1.67 bits per heavy atom. The summed E-state index contributed by atoms with van der Waals surface area (Å²) >= 11 is 0. The van der Waals surface area contributed by atoms with E-state index in [1.165, 1.54) is 0 Å². The topological polar surface area (TPSA) is 21.3 Å². The molecule has 3 heteroatoms. The summed E-state index contributed by atoms with van der Waals surface area (Å²) in [6, 6.07) is -0.0602. The molecule has 9 heavy (non-hydrogen) atoms. The van der Waals surface area contributed by atoms with Crippen LogP contribution in [-0.4, -0.2) is 32.0 Å². The lowest BCUT2D eigenvalue weighted by atomic mass is 10.2. The molecule has 0 saturated carbocycles. The van der Waals surface area contributed by atoms with Crippen molar-refractivity contribution in [1.29, 1.82) is 0 Å². The first-order valence-corrected chi connectivity index (χ1v) is 3.29. The van der Waals surface area contributed by atoms with Crippen LogP contribution in [0.5, 0.6) is 0 Å². The summed E-state index contributed by atoms with van der Waals surface area (Å²) < 4.78 is 17.5. The zero-order valence-corrected chi connectivity index (χ0v) is 5.56. The van der Waals surface area contributed by atoms with E-state index in [1.54, 1.807) is 0 Å². The fraction of sp³-hybridized carbons (Fsp3) is 1.00. The van der Waals surface area contributed by atoms with Gasteiger partial charge in [-0.2, -0.15) is 0 Å². The fourth-order valence-corrected chi connectivity index (χ4v) is 0.977. The molecule has 1 fully saturated rings. The van der Waals surface area contributed by atoms with Crippen molar-refractivity contribution < 1.29 is 9.13 Å². The Kier molecular flexibility index (Phi) is 2.42. The van der Waals surface area contributed by atoms with Gasteiger partial charge in [-0.25, -0.2) is 4.39 Å². The van der Waals surface area contributed by atoms with Crippen LogP contribution in [0.2, 0.25) is 0 Å². The van der Waals surface area contributed by atoms with Crippen LogP contribution >= 0.6 is 0 Å². The Balaban J connectivity index is 2.22. The van der Waals surface area contributed by atoms with Crippen LogP contribution in [-0.2, 0) is 4.74 Å². The van der Waals surface area contributed by atoms with E-state index in [0.717, 1.165) is 6.54 Å². The van der Waals surface area contributed by atoms with Crippen molar-refractivity contribution in [3.8, 4) is 0 Å². The second-order valence-corrected chi connectivity index (χ2v) is 2.22. The fourth-order valence-electron chi connectivity index (χ4n) is 0.977. The minimum absolute atomic E-state index is 0.0602. The van der Waals surface area contributed by atoms with Crippen LogP contribution in [0.15, 0.2) is 0 Å². The molecule has 2 atom stereocenters. The minimum atomic E-state index is -0.801. The predicted octanol–water partition coefficient (Wildman–Crippen LogP) is 0.333. The maximum Gasteiger partial charge on any atom is 0.141 e. The first kappa shape index (κ1) is 6.96. The van der Waals surface area contributed by atoms with E-state index in [1.807, 2.05) is 6.92 Å². The number of halogens is 1. The molecule has 1 aliphatic rings. The van der Waals surface area contributed by atoms with Crippen LogP contribution < -0.4 is 5.32 Å². The summed E-state index contributed by atoms with van der Waals surface area (Å²) in [6.45, 7) is 3.56. The molecule has 0 aliphatic carbocycles. The standard InChI is InChI=1S/C6H12FNO/c1-2-8-6-4-9-3-5(6)7/h5-6,8H,2-4H2,1H3. The Hall–Kier alpha value is -0.150. The molecule has 2 nitrogen and oxygen atoms in total. The number of alkyl halides is 1. The van der Waals surface area contributed by atoms with E-state index in [0.29, 0.717) is 6.61 Å². The zero-order chi connectivity index (χ0) is 6.69. The van der Waals surface area contributed by atoms with Crippen molar-refractivity contribution in [2.75, 3.05) is 19.8 Å². The molecule has 0 spiro atoms. The molecule has 1 N–H and O–H groups in total. The summed E-state index contributed by atoms with van der Waals surface area (Å²) in [4.78, 5) is 0. The Bertz CT molecular complexity index is 89.1. The molecule has 1 heterocycles.